The van der Waals surface area contributed by atoms with Crippen LogP contribution in [0.4, 0.5) is 10.5 Å². The molecule has 1 unspecified atom stereocenters. The number of anilines is 1. The first-order valence-corrected chi connectivity index (χ1v) is 10.8. The second-order valence-corrected chi connectivity index (χ2v) is 7.97. The molecule has 2 saturated heterocycles. The van der Waals surface area contributed by atoms with Crippen molar-refractivity contribution in [3.8, 4) is 11.5 Å². The van der Waals surface area contributed by atoms with Crippen molar-refractivity contribution in [1.29, 1.82) is 0 Å². The van der Waals surface area contributed by atoms with Crippen LogP contribution in [0.15, 0.2) is 42.5 Å². The average molecular weight is 424 g/mol. The van der Waals surface area contributed by atoms with E-state index in [4.69, 9.17) is 9.47 Å². The van der Waals surface area contributed by atoms with Gasteiger partial charge in [-0.3, -0.25) is 4.79 Å². The predicted molar refractivity (Wildman–Crippen MR) is 119 cm³/mol. The first-order valence-electron chi connectivity index (χ1n) is 10.8. The lowest BCUT2D eigenvalue weighted by atomic mass is 10.0. The minimum Gasteiger partial charge on any atom is -0.497 e. The van der Waals surface area contributed by atoms with E-state index in [0.717, 1.165) is 55.8 Å². The summed E-state index contributed by atoms with van der Waals surface area (Å²) < 4.78 is 10.9. The Morgan fingerprint density at radius 1 is 0.968 bits per heavy atom. The van der Waals surface area contributed by atoms with Crippen LogP contribution in [0.5, 0.6) is 11.5 Å². The number of amides is 3. The van der Waals surface area contributed by atoms with Gasteiger partial charge in [-0.2, -0.15) is 0 Å². The first kappa shape index (κ1) is 21.0. The number of benzene rings is 2. The zero-order valence-corrected chi connectivity index (χ0v) is 18.1. The lowest BCUT2D eigenvalue weighted by Crippen LogP contribution is -2.34. The molecule has 0 radical (unpaired) electrons. The minimum absolute atomic E-state index is 0.0220. The Bertz CT molecular complexity index is 956. The highest BCUT2D eigenvalue weighted by Gasteiger charge is 2.32. The molecular weight excluding hydrogens is 394 g/mol. The molecule has 164 valence electrons. The molecular formula is C24H29N3O4. The maximum absolute atomic E-state index is 13.1. The summed E-state index contributed by atoms with van der Waals surface area (Å²) in [7, 11) is 3.26. The van der Waals surface area contributed by atoms with E-state index in [2.05, 4.69) is 5.32 Å². The molecule has 1 N–H and O–H groups in total. The van der Waals surface area contributed by atoms with E-state index in [1.165, 1.54) is 0 Å². The summed E-state index contributed by atoms with van der Waals surface area (Å²) in [6.07, 6.45) is 3.86. The molecule has 31 heavy (non-hydrogen) atoms. The van der Waals surface area contributed by atoms with Gasteiger partial charge >= 0.3 is 6.03 Å². The van der Waals surface area contributed by atoms with Crippen molar-refractivity contribution in [2.24, 2.45) is 0 Å². The van der Waals surface area contributed by atoms with Gasteiger partial charge in [0.1, 0.15) is 11.5 Å². The van der Waals surface area contributed by atoms with Gasteiger partial charge in [0.15, 0.2) is 0 Å². The molecule has 2 aromatic carbocycles. The number of ether oxygens (including phenoxy) is 2. The maximum atomic E-state index is 13.1. The zero-order valence-electron chi connectivity index (χ0n) is 18.1. The third kappa shape index (κ3) is 4.45. The molecule has 0 spiro atoms. The second kappa shape index (κ2) is 9.29. The van der Waals surface area contributed by atoms with Gasteiger partial charge in [-0.1, -0.05) is 6.07 Å². The van der Waals surface area contributed by atoms with E-state index >= 15 is 0 Å². The molecule has 7 heteroatoms. The number of rotatable bonds is 5. The number of carbonyl (C=O) groups is 2. The Labute approximate surface area is 182 Å². The van der Waals surface area contributed by atoms with Crippen LogP contribution in [-0.2, 0) is 0 Å². The van der Waals surface area contributed by atoms with E-state index in [1.54, 1.807) is 26.4 Å². The normalized spacial score (nSPS) is 18.2. The van der Waals surface area contributed by atoms with Crippen molar-refractivity contribution < 1.29 is 19.1 Å². The molecule has 3 amide bonds. The maximum Gasteiger partial charge on any atom is 0.322 e. The minimum atomic E-state index is -0.182. The fourth-order valence-corrected chi connectivity index (χ4v) is 4.46. The Balaban J connectivity index is 1.51. The monoisotopic (exact) mass is 423 g/mol. The summed E-state index contributed by atoms with van der Waals surface area (Å²) in [5.41, 5.74) is 2.16. The van der Waals surface area contributed by atoms with Crippen LogP contribution in [0.2, 0.25) is 0 Å². The van der Waals surface area contributed by atoms with E-state index in [9.17, 15) is 9.59 Å². The number of hydrogen-bond acceptors (Lipinski definition) is 4. The lowest BCUT2D eigenvalue weighted by molar-refractivity contribution is 0.0793. The van der Waals surface area contributed by atoms with Gasteiger partial charge in [0.05, 0.1) is 20.3 Å². The third-order valence-electron chi connectivity index (χ3n) is 6.06. The van der Waals surface area contributed by atoms with Crippen molar-refractivity contribution >= 4 is 17.6 Å². The quantitative estimate of drug-likeness (QED) is 0.778. The van der Waals surface area contributed by atoms with Crippen molar-refractivity contribution in [2.75, 3.05) is 39.2 Å². The summed E-state index contributed by atoms with van der Waals surface area (Å²) in [4.78, 5) is 29.5. The van der Waals surface area contributed by atoms with Crippen LogP contribution in [0.3, 0.4) is 0 Å². The molecule has 0 saturated carbocycles. The number of urea groups is 1. The molecule has 7 nitrogen and oxygen atoms in total. The van der Waals surface area contributed by atoms with E-state index in [0.29, 0.717) is 17.8 Å². The summed E-state index contributed by atoms with van der Waals surface area (Å²) >= 11 is 0. The van der Waals surface area contributed by atoms with Crippen LogP contribution in [0, 0.1) is 0 Å². The Morgan fingerprint density at radius 2 is 1.77 bits per heavy atom. The number of hydrogen-bond donors (Lipinski definition) is 1. The number of nitrogens with one attached hydrogen (secondary N) is 1. The Kier molecular flexibility index (Phi) is 6.30. The molecule has 2 aliphatic rings. The SMILES string of the molecule is COc1ccc(OC)c(C2CCCN2C(=O)Nc2cccc(C(=O)N3CCCC3)c2)c1. The molecule has 1 atom stereocenters. The molecule has 0 aliphatic carbocycles. The van der Waals surface area contributed by atoms with Gasteiger partial charge in [0.25, 0.3) is 5.91 Å². The standard InChI is InChI=1S/C24H29N3O4/c1-30-19-10-11-22(31-2)20(16-19)21-9-6-14-27(21)24(29)25-18-8-5-7-17(15-18)23(28)26-12-3-4-13-26/h5,7-8,10-11,15-16,21H,3-4,6,9,12-14H2,1-2H3,(H,25,29). The first-order chi connectivity index (χ1) is 15.1. The average Bonchev–Trinajstić information content (AvgIpc) is 3.50. The van der Waals surface area contributed by atoms with E-state index < -0.39 is 0 Å². The Morgan fingerprint density at radius 3 is 2.52 bits per heavy atom. The third-order valence-corrected chi connectivity index (χ3v) is 6.06. The summed E-state index contributed by atoms with van der Waals surface area (Å²) in [5.74, 6) is 1.49. The number of likely N-dealkylation sites (tertiary alicyclic amines) is 2. The van der Waals surface area contributed by atoms with Gasteiger partial charge < -0.3 is 24.6 Å². The van der Waals surface area contributed by atoms with Crippen molar-refractivity contribution in [3.63, 3.8) is 0 Å². The van der Waals surface area contributed by atoms with Crippen molar-refractivity contribution in [1.82, 2.24) is 9.80 Å². The molecule has 2 aliphatic heterocycles. The van der Waals surface area contributed by atoms with Crippen LogP contribution in [0.25, 0.3) is 0 Å². The fourth-order valence-electron chi connectivity index (χ4n) is 4.46. The number of carbonyl (C=O) groups excluding carboxylic acids is 2. The van der Waals surface area contributed by atoms with Crippen LogP contribution < -0.4 is 14.8 Å². The number of methoxy groups -OCH3 is 2. The van der Waals surface area contributed by atoms with Gasteiger partial charge in [-0.25, -0.2) is 4.79 Å². The van der Waals surface area contributed by atoms with Gasteiger partial charge in [-0.15, -0.1) is 0 Å². The summed E-state index contributed by atoms with van der Waals surface area (Å²) in [6, 6.07) is 12.6. The highest BCUT2D eigenvalue weighted by molar-refractivity contribution is 5.97. The molecule has 2 heterocycles. The van der Waals surface area contributed by atoms with Crippen LogP contribution >= 0.6 is 0 Å². The predicted octanol–water partition coefficient (Wildman–Crippen LogP) is 4.31. The molecule has 0 bridgehead atoms. The summed E-state index contributed by atoms with van der Waals surface area (Å²) in [5, 5.41) is 2.98. The smallest absolute Gasteiger partial charge is 0.322 e. The molecule has 0 aromatic heterocycles. The topological polar surface area (TPSA) is 71.1 Å². The number of nitrogens with zero attached hydrogens (tertiary/aromatic N) is 2. The fraction of sp³-hybridized carbons (Fsp3) is 0.417. The highest BCUT2D eigenvalue weighted by atomic mass is 16.5. The largest absolute Gasteiger partial charge is 0.497 e. The summed E-state index contributed by atoms with van der Waals surface area (Å²) in [6.45, 7) is 2.25. The van der Waals surface area contributed by atoms with E-state index in [1.807, 2.05) is 40.1 Å². The van der Waals surface area contributed by atoms with Gasteiger partial charge in [0, 0.05) is 36.4 Å². The van der Waals surface area contributed by atoms with Crippen molar-refractivity contribution in [3.05, 3.63) is 53.6 Å². The molecule has 2 aromatic rings. The van der Waals surface area contributed by atoms with Gasteiger partial charge in [0.2, 0.25) is 0 Å². The highest BCUT2D eigenvalue weighted by Crippen LogP contribution is 2.39. The van der Waals surface area contributed by atoms with E-state index in [-0.39, 0.29) is 18.0 Å². The Hall–Kier alpha value is -3.22. The van der Waals surface area contributed by atoms with Crippen LogP contribution in [-0.4, -0.2) is 55.6 Å². The van der Waals surface area contributed by atoms with Crippen LogP contribution in [0.1, 0.15) is 47.6 Å². The zero-order chi connectivity index (χ0) is 21.8. The lowest BCUT2D eigenvalue weighted by Gasteiger charge is -2.27. The molecule has 2 fully saturated rings. The molecule has 4 rings (SSSR count). The second-order valence-electron chi connectivity index (χ2n) is 7.97. The van der Waals surface area contributed by atoms with Crippen molar-refractivity contribution in [2.45, 2.75) is 31.7 Å². The van der Waals surface area contributed by atoms with Gasteiger partial charge in [-0.05, 0) is 62.1 Å².